The van der Waals surface area contributed by atoms with Crippen molar-refractivity contribution in [2.24, 2.45) is 11.8 Å². The molecule has 0 spiro atoms. The largest absolute Gasteiger partial charge is 0.496 e. The molecule has 1 saturated carbocycles. The molecule has 6 heteroatoms. The van der Waals surface area contributed by atoms with Crippen LogP contribution in [0.15, 0.2) is 24.0 Å². The highest BCUT2D eigenvalue weighted by molar-refractivity contribution is 5.95. The minimum atomic E-state index is -0.924. The van der Waals surface area contributed by atoms with E-state index in [4.69, 9.17) is 18.9 Å². The molecule has 0 amide bonds. The van der Waals surface area contributed by atoms with Crippen molar-refractivity contribution < 1.29 is 28.8 Å². The molecule has 0 radical (unpaired) electrons. The lowest BCUT2D eigenvalue weighted by molar-refractivity contribution is -0.141. The van der Waals surface area contributed by atoms with Crippen molar-refractivity contribution in [3.05, 3.63) is 35.1 Å². The van der Waals surface area contributed by atoms with E-state index in [1.807, 2.05) is 13.0 Å². The lowest BCUT2D eigenvalue weighted by Crippen LogP contribution is -2.47. The van der Waals surface area contributed by atoms with Gasteiger partial charge < -0.3 is 24.1 Å². The topological polar surface area (TPSA) is 74.2 Å². The molecule has 1 fully saturated rings. The third-order valence-corrected chi connectivity index (χ3v) is 7.08. The Morgan fingerprint density at radius 2 is 2.03 bits per heavy atom. The Morgan fingerprint density at radius 3 is 2.67 bits per heavy atom. The number of carbonyl (C=O) groups is 1. The molecule has 2 heterocycles. The number of rotatable bonds is 7. The van der Waals surface area contributed by atoms with E-state index in [0.717, 1.165) is 48.8 Å². The normalized spacial score (nSPS) is 22.8. The Labute approximate surface area is 196 Å². The van der Waals surface area contributed by atoms with Crippen LogP contribution in [0.1, 0.15) is 70.9 Å². The van der Waals surface area contributed by atoms with Gasteiger partial charge in [0.25, 0.3) is 0 Å². The highest BCUT2D eigenvalue weighted by Crippen LogP contribution is 2.51. The summed E-state index contributed by atoms with van der Waals surface area (Å²) >= 11 is 0. The van der Waals surface area contributed by atoms with Crippen LogP contribution in [0.25, 0.3) is 5.57 Å². The molecule has 3 aliphatic rings. The second kappa shape index (κ2) is 9.41. The number of methoxy groups -OCH3 is 1. The van der Waals surface area contributed by atoms with Crippen LogP contribution in [0.2, 0.25) is 0 Å². The number of carbonyl (C=O) groups excluding carboxylic acids is 1. The van der Waals surface area contributed by atoms with E-state index in [9.17, 15) is 9.90 Å². The molecule has 0 aromatic heterocycles. The first-order valence-corrected chi connectivity index (χ1v) is 12.2. The van der Waals surface area contributed by atoms with E-state index in [-0.39, 0.29) is 24.4 Å². The van der Waals surface area contributed by atoms with E-state index >= 15 is 0 Å². The molecule has 0 unspecified atom stereocenters. The average molecular weight is 457 g/mol. The fraction of sp³-hybridized carbons (Fsp3) is 0.593. The average Bonchev–Trinajstić information content (AvgIpc) is 3.46. The van der Waals surface area contributed by atoms with Gasteiger partial charge in [0.2, 0.25) is 5.76 Å². The first-order chi connectivity index (χ1) is 15.8. The van der Waals surface area contributed by atoms with Gasteiger partial charge in [-0.25, -0.2) is 4.79 Å². The summed E-state index contributed by atoms with van der Waals surface area (Å²) in [6.45, 7) is 8.24. The molecule has 4 rings (SSSR count). The van der Waals surface area contributed by atoms with Gasteiger partial charge in [0, 0.05) is 18.1 Å². The Kier molecular flexibility index (Phi) is 6.76. The van der Waals surface area contributed by atoms with Gasteiger partial charge in [0.1, 0.15) is 29.0 Å². The van der Waals surface area contributed by atoms with Crippen molar-refractivity contribution in [3.63, 3.8) is 0 Å². The number of fused-ring (bicyclic) bond motifs is 2. The first kappa shape index (κ1) is 23.7. The monoisotopic (exact) mass is 456 g/mol. The molecule has 0 bridgehead atoms. The number of aliphatic hydroxyl groups is 1. The van der Waals surface area contributed by atoms with Crippen LogP contribution in [-0.2, 0) is 16.0 Å². The molecular weight excluding hydrogens is 420 g/mol. The molecule has 6 nitrogen and oxygen atoms in total. The van der Waals surface area contributed by atoms with E-state index in [1.54, 1.807) is 20.1 Å². The number of esters is 1. The van der Waals surface area contributed by atoms with Gasteiger partial charge in [-0.1, -0.05) is 32.8 Å². The third kappa shape index (κ3) is 4.50. The summed E-state index contributed by atoms with van der Waals surface area (Å²) in [7, 11) is 1.64. The fourth-order valence-electron chi connectivity index (χ4n) is 5.20. The lowest BCUT2D eigenvalue weighted by atomic mass is 9.81. The first-order valence-electron chi connectivity index (χ1n) is 12.2. The van der Waals surface area contributed by atoms with Gasteiger partial charge in [-0.2, -0.15) is 0 Å². The van der Waals surface area contributed by atoms with Crippen LogP contribution in [0.4, 0.5) is 0 Å². The minimum absolute atomic E-state index is 0.147. The number of allylic oxidation sites excluding steroid dienone is 3. The Balaban J connectivity index is 1.74. The van der Waals surface area contributed by atoms with Crippen LogP contribution >= 0.6 is 0 Å². The predicted molar refractivity (Wildman–Crippen MR) is 126 cm³/mol. The van der Waals surface area contributed by atoms with Crippen molar-refractivity contribution >= 4 is 11.5 Å². The predicted octanol–water partition coefficient (Wildman–Crippen LogP) is 5.21. The third-order valence-electron chi connectivity index (χ3n) is 7.08. The smallest absolute Gasteiger partial charge is 0.374 e. The standard InChI is InChI=1S/C27H36O6/c1-6-31-26(28)22-13-17(12-11-16(2)3)24-21(32-22)15-20-19(25(24)30-5)14-23(33-20)27(4,29)18-9-7-8-10-18/h12-13,15-16,18,23,29H,6-11,14H2,1-5H3/b17-12+/t23-,27-/m0/s1. The van der Waals surface area contributed by atoms with Crippen molar-refractivity contribution in [2.75, 3.05) is 13.7 Å². The molecule has 180 valence electrons. The van der Waals surface area contributed by atoms with Gasteiger partial charge in [-0.15, -0.1) is 0 Å². The van der Waals surface area contributed by atoms with Crippen molar-refractivity contribution in [3.8, 4) is 17.2 Å². The maximum absolute atomic E-state index is 12.5. The lowest BCUT2D eigenvalue weighted by Gasteiger charge is -2.35. The molecule has 0 saturated heterocycles. The number of hydrogen-bond donors (Lipinski definition) is 1. The number of benzene rings is 1. The summed E-state index contributed by atoms with van der Waals surface area (Å²) in [6.07, 6.45) is 9.26. The maximum atomic E-state index is 12.5. The van der Waals surface area contributed by atoms with Gasteiger partial charge in [0.05, 0.1) is 19.3 Å². The zero-order valence-electron chi connectivity index (χ0n) is 20.4. The summed E-state index contributed by atoms with van der Waals surface area (Å²) in [5.41, 5.74) is 1.70. The molecule has 1 aromatic carbocycles. The molecule has 33 heavy (non-hydrogen) atoms. The zero-order valence-corrected chi connectivity index (χ0v) is 20.4. The van der Waals surface area contributed by atoms with Crippen LogP contribution < -0.4 is 14.2 Å². The number of hydrogen-bond acceptors (Lipinski definition) is 6. The molecule has 1 aliphatic carbocycles. The van der Waals surface area contributed by atoms with Crippen molar-refractivity contribution in [1.82, 2.24) is 0 Å². The van der Waals surface area contributed by atoms with E-state index in [1.165, 1.54) is 0 Å². The van der Waals surface area contributed by atoms with Crippen LogP contribution in [0.3, 0.4) is 0 Å². The quantitative estimate of drug-likeness (QED) is 0.568. The molecular formula is C27H36O6. The highest BCUT2D eigenvalue weighted by atomic mass is 16.6. The van der Waals surface area contributed by atoms with Crippen LogP contribution in [0.5, 0.6) is 17.2 Å². The Hall–Kier alpha value is -2.47. The Bertz CT molecular complexity index is 965. The summed E-state index contributed by atoms with van der Waals surface area (Å²) in [6, 6.07) is 1.83. The SMILES string of the molecule is CCOC(=O)C1=C/C(=C\CC(C)C)c2c(cc3c(c2OC)C[C@@H]([C@@](C)(O)C2CCCC2)O3)O1. The summed E-state index contributed by atoms with van der Waals surface area (Å²) in [5, 5.41) is 11.4. The van der Waals surface area contributed by atoms with Crippen molar-refractivity contribution in [1.29, 1.82) is 0 Å². The van der Waals surface area contributed by atoms with E-state index in [0.29, 0.717) is 29.6 Å². The van der Waals surface area contributed by atoms with Gasteiger partial charge in [0.15, 0.2) is 0 Å². The summed E-state index contributed by atoms with van der Waals surface area (Å²) in [5.74, 6) is 2.16. The van der Waals surface area contributed by atoms with Gasteiger partial charge >= 0.3 is 5.97 Å². The van der Waals surface area contributed by atoms with E-state index in [2.05, 4.69) is 19.9 Å². The van der Waals surface area contributed by atoms with Crippen LogP contribution in [-0.4, -0.2) is 36.5 Å². The molecule has 2 aliphatic heterocycles. The highest BCUT2D eigenvalue weighted by Gasteiger charge is 2.46. The van der Waals surface area contributed by atoms with Crippen molar-refractivity contribution in [2.45, 2.75) is 77.9 Å². The zero-order chi connectivity index (χ0) is 23.8. The van der Waals surface area contributed by atoms with Gasteiger partial charge in [-0.05, 0) is 56.6 Å². The van der Waals surface area contributed by atoms with Gasteiger partial charge in [-0.3, -0.25) is 0 Å². The van der Waals surface area contributed by atoms with E-state index < -0.39 is 11.6 Å². The maximum Gasteiger partial charge on any atom is 0.374 e. The molecule has 2 atom stereocenters. The fourth-order valence-corrected chi connectivity index (χ4v) is 5.20. The molecule has 1 aromatic rings. The molecule has 1 N–H and O–H groups in total. The second-order valence-electron chi connectivity index (χ2n) is 9.90. The minimum Gasteiger partial charge on any atom is -0.496 e. The summed E-state index contributed by atoms with van der Waals surface area (Å²) < 4.78 is 23.4. The Morgan fingerprint density at radius 1 is 1.30 bits per heavy atom. The van der Waals surface area contributed by atoms with Crippen LogP contribution in [0, 0.1) is 11.8 Å². The second-order valence-corrected chi connectivity index (χ2v) is 9.90. The summed E-state index contributed by atoms with van der Waals surface area (Å²) in [4.78, 5) is 12.5. The number of ether oxygens (including phenoxy) is 4.